The average molecular weight is 195 g/mol. The van der Waals surface area contributed by atoms with E-state index in [0.717, 1.165) is 19.5 Å². The Morgan fingerprint density at radius 3 is 3.14 bits per heavy atom. The second kappa shape index (κ2) is 3.53. The molecule has 1 saturated heterocycles. The molecule has 1 aromatic rings. The van der Waals surface area contributed by atoms with Crippen LogP contribution >= 0.6 is 0 Å². The van der Waals surface area contributed by atoms with Gasteiger partial charge in [0.2, 0.25) is 0 Å². The van der Waals surface area contributed by atoms with Crippen molar-refractivity contribution < 1.29 is 4.39 Å². The first-order valence-corrected chi connectivity index (χ1v) is 4.79. The summed E-state index contributed by atoms with van der Waals surface area (Å²) < 4.78 is 13.3. The van der Waals surface area contributed by atoms with E-state index < -0.39 is 0 Å². The molecule has 1 atom stereocenters. The van der Waals surface area contributed by atoms with Crippen LogP contribution in [0.1, 0.15) is 13.3 Å². The largest absolute Gasteiger partial charge is 0.361 e. The molecule has 14 heavy (non-hydrogen) atoms. The molecule has 0 spiro atoms. The summed E-state index contributed by atoms with van der Waals surface area (Å²) in [5.74, 6) is 0.0549. The summed E-state index contributed by atoms with van der Waals surface area (Å²) in [6.07, 6.45) is 2.58. The highest BCUT2D eigenvalue weighted by molar-refractivity contribution is 5.39. The lowest BCUT2D eigenvalue weighted by atomic mass is 10.0. The van der Waals surface area contributed by atoms with Gasteiger partial charge in [-0.15, -0.1) is 0 Å². The fourth-order valence-electron chi connectivity index (χ4n) is 1.69. The van der Waals surface area contributed by atoms with Crippen molar-refractivity contribution in [2.75, 3.05) is 18.4 Å². The number of nitrogens with zero attached hydrogens (tertiary/aromatic N) is 1. The zero-order chi connectivity index (χ0) is 10.0. The van der Waals surface area contributed by atoms with Gasteiger partial charge in [-0.25, -0.2) is 9.37 Å². The summed E-state index contributed by atoms with van der Waals surface area (Å²) >= 11 is 0. The van der Waals surface area contributed by atoms with Crippen molar-refractivity contribution in [1.82, 2.24) is 10.3 Å². The molecule has 2 heterocycles. The lowest BCUT2D eigenvalue weighted by Crippen LogP contribution is -2.37. The minimum atomic E-state index is -0.291. The van der Waals surface area contributed by atoms with Gasteiger partial charge in [0.15, 0.2) is 11.6 Å². The van der Waals surface area contributed by atoms with E-state index in [1.165, 1.54) is 6.07 Å². The maximum absolute atomic E-state index is 13.3. The fraction of sp³-hybridized carbons (Fsp3) is 0.500. The van der Waals surface area contributed by atoms with Crippen molar-refractivity contribution in [2.45, 2.75) is 18.9 Å². The Morgan fingerprint density at radius 1 is 1.64 bits per heavy atom. The average Bonchev–Trinajstić information content (AvgIpc) is 2.57. The van der Waals surface area contributed by atoms with Gasteiger partial charge in [-0.2, -0.15) is 0 Å². The maximum Gasteiger partial charge on any atom is 0.165 e. The molecular formula is C10H14FN3. The van der Waals surface area contributed by atoms with Crippen LogP contribution in [0.15, 0.2) is 18.3 Å². The molecule has 1 aliphatic rings. The minimum absolute atomic E-state index is 0.0742. The third-order valence-electron chi connectivity index (χ3n) is 2.55. The zero-order valence-electron chi connectivity index (χ0n) is 8.18. The van der Waals surface area contributed by atoms with E-state index in [1.807, 2.05) is 0 Å². The van der Waals surface area contributed by atoms with Gasteiger partial charge >= 0.3 is 0 Å². The number of halogens is 1. The summed E-state index contributed by atoms with van der Waals surface area (Å²) in [6.45, 7) is 3.89. The van der Waals surface area contributed by atoms with E-state index in [2.05, 4.69) is 22.5 Å². The second-order valence-electron chi connectivity index (χ2n) is 3.95. The molecule has 0 aliphatic carbocycles. The Balaban J connectivity index is 2.14. The van der Waals surface area contributed by atoms with E-state index in [-0.39, 0.29) is 11.4 Å². The van der Waals surface area contributed by atoms with Gasteiger partial charge in [-0.3, -0.25) is 0 Å². The number of anilines is 1. The molecule has 1 aliphatic heterocycles. The summed E-state index contributed by atoms with van der Waals surface area (Å²) in [6, 6.07) is 3.01. The Hall–Kier alpha value is -1.16. The summed E-state index contributed by atoms with van der Waals surface area (Å²) in [7, 11) is 0. The van der Waals surface area contributed by atoms with Crippen LogP contribution in [0, 0.1) is 5.82 Å². The van der Waals surface area contributed by atoms with E-state index >= 15 is 0 Å². The van der Waals surface area contributed by atoms with Gasteiger partial charge in [-0.1, -0.05) is 0 Å². The van der Waals surface area contributed by atoms with Crippen molar-refractivity contribution in [3.8, 4) is 0 Å². The molecule has 1 fully saturated rings. The second-order valence-corrected chi connectivity index (χ2v) is 3.95. The molecule has 0 radical (unpaired) electrons. The molecule has 1 unspecified atom stereocenters. The fourth-order valence-corrected chi connectivity index (χ4v) is 1.69. The van der Waals surface area contributed by atoms with Crippen LogP contribution in [-0.4, -0.2) is 23.6 Å². The van der Waals surface area contributed by atoms with Crippen molar-refractivity contribution in [2.24, 2.45) is 0 Å². The molecule has 3 nitrogen and oxygen atoms in total. The Morgan fingerprint density at radius 2 is 2.50 bits per heavy atom. The summed E-state index contributed by atoms with van der Waals surface area (Å²) in [4.78, 5) is 3.97. The standard InChI is InChI=1S/C10H14FN3/c1-10(4-6-12-7-10)14-9-8(11)3-2-5-13-9/h2-3,5,12H,4,6-7H2,1H3,(H,13,14). The van der Waals surface area contributed by atoms with Gasteiger partial charge < -0.3 is 10.6 Å². The molecular weight excluding hydrogens is 181 g/mol. The van der Waals surface area contributed by atoms with Crippen molar-refractivity contribution in [1.29, 1.82) is 0 Å². The highest BCUT2D eigenvalue weighted by atomic mass is 19.1. The van der Waals surface area contributed by atoms with Crippen LogP contribution < -0.4 is 10.6 Å². The van der Waals surface area contributed by atoms with Crippen molar-refractivity contribution in [3.05, 3.63) is 24.1 Å². The van der Waals surface area contributed by atoms with Gasteiger partial charge in [0.25, 0.3) is 0 Å². The third-order valence-corrected chi connectivity index (χ3v) is 2.55. The molecule has 0 aromatic carbocycles. The molecule has 0 saturated carbocycles. The van der Waals surface area contributed by atoms with Crippen LogP contribution in [0.25, 0.3) is 0 Å². The number of aromatic nitrogens is 1. The Kier molecular flexibility index (Phi) is 2.37. The zero-order valence-corrected chi connectivity index (χ0v) is 8.18. The highest BCUT2D eigenvalue weighted by Crippen LogP contribution is 2.21. The molecule has 2 N–H and O–H groups in total. The van der Waals surface area contributed by atoms with Gasteiger partial charge in [0, 0.05) is 18.3 Å². The van der Waals surface area contributed by atoms with Crippen LogP contribution in [0.3, 0.4) is 0 Å². The highest BCUT2D eigenvalue weighted by Gasteiger charge is 2.29. The van der Waals surface area contributed by atoms with E-state index in [0.29, 0.717) is 5.82 Å². The predicted molar refractivity (Wildman–Crippen MR) is 53.7 cm³/mol. The van der Waals surface area contributed by atoms with E-state index in [9.17, 15) is 4.39 Å². The predicted octanol–water partition coefficient (Wildman–Crippen LogP) is 1.38. The first-order valence-electron chi connectivity index (χ1n) is 4.79. The maximum atomic E-state index is 13.3. The molecule has 76 valence electrons. The first-order chi connectivity index (χ1) is 6.70. The Bertz CT molecular complexity index is 321. The molecule has 0 amide bonds. The number of nitrogens with one attached hydrogen (secondary N) is 2. The normalized spacial score (nSPS) is 26.4. The van der Waals surface area contributed by atoms with Crippen LogP contribution in [0.2, 0.25) is 0 Å². The number of pyridine rings is 1. The van der Waals surface area contributed by atoms with Crippen LogP contribution in [-0.2, 0) is 0 Å². The van der Waals surface area contributed by atoms with E-state index in [1.54, 1.807) is 12.3 Å². The van der Waals surface area contributed by atoms with Crippen LogP contribution in [0.4, 0.5) is 10.2 Å². The summed E-state index contributed by atoms with van der Waals surface area (Å²) in [5, 5.41) is 6.38. The van der Waals surface area contributed by atoms with Gasteiger partial charge in [-0.05, 0) is 32.0 Å². The lowest BCUT2D eigenvalue weighted by molar-refractivity contribution is 0.549. The Labute approximate surface area is 82.7 Å². The van der Waals surface area contributed by atoms with Crippen molar-refractivity contribution >= 4 is 5.82 Å². The topological polar surface area (TPSA) is 37.0 Å². The number of rotatable bonds is 2. The smallest absolute Gasteiger partial charge is 0.165 e. The van der Waals surface area contributed by atoms with Gasteiger partial charge in [0.05, 0.1) is 0 Å². The minimum Gasteiger partial charge on any atom is -0.361 e. The van der Waals surface area contributed by atoms with Crippen LogP contribution in [0.5, 0.6) is 0 Å². The quantitative estimate of drug-likeness (QED) is 0.748. The summed E-state index contributed by atoms with van der Waals surface area (Å²) in [5.41, 5.74) is -0.0742. The monoisotopic (exact) mass is 195 g/mol. The first kappa shape index (κ1) is 9.40. The molecule has 4 heteroatoms. The lowest BCUT2D eigenvalue weighted by Gasteiger charge is -2.25. The molecule has 0 bridgehead atoms. The number of hydrogen-bond acceptors (Lipinski definition) is 3. The van der Waals surface area contributed by atoms with E-state index in [4.69, 9.17) is 0 Å². The molecule has 2 rings (SSSR count). The third kappa shape index (κ3) is 1.85. The number of hydrogen-bond donors (Lipinski definition) is 2. The van der Waals surface area contributed by atoms with Gasteiger partial charge in [0.1, 0.15) is 0 Å². The SMILES string of the molecule is CC1(Nc2ncccc2F)CCNC1. The van der Waals surface area contributed by atoms with Crippen molar-refractivity contribution in [3.63, 3.8) is 0 Å². The molecule has 1 aromatic heterocycles.